The molecule has 0 N–H and O–H groups in total. The van der Waals surface area contributed by atoms with Crippen LogP contribution in [-0.4, -0.2) is 17.6 Å². The molecule has 1 aromatic rings. The smallest absolute Gasteiger partial charge is 0.414 e. The van der Waals surface area contributed by atoms with Crippen LogP contribution in [0.5, 0.6) is 0 Å². The molecule has 1 aromatic carbocycles. The van der Waals surface area contributed by atoms with Gasteiger partial charge in [-0.15, -0.1) is 0 Å². The third-order valence-corrected chi connectivity index (χ3v) is 4.00. The Morgan fingerprint density at radius 3 is 2.85 bits per heavy atom. The van der Waals surface area contributed by atoms with Gasteiger partial charge in [0.2, 0.25) is 0 Å². The van der Waals surface area contributed by atoms with Gasteiger partial charge < -0.3 is 4.74 Å². The van der Waals surface area contributed by atoms with Crippen LogP contribution in [0.3, 0.4) is 0 Å². The molecule has 4 heteroatoms. The van der Waals surface area contributed by atoms with Crippen molar-refractivity contribution in [1.29, 1.82) is 0 Å². The van der Waals surface area contributed by atoms with E-state index in [-0.39, 0.29) is 12.1 Å². The second kappa shape index (κ2) is 7.48. The first-order valence-corrected chi connectivity index (χ1v) is 7.88. The number of allylic oxidation sites excluding steroid dienone is 1. The van der Waals surface area contributed by atoms with Crippen LogP contribution in [0.4, 0.5) is 4.79 Å². The molecule has 0 saturated carbocycles. The first-order valence-electron chi connectivity index (χ1n) is 7.08. The first-order chi connectivity index (χ1) is 9.72. The van der Waals surface area contributed by atoms with Crippen LogP contribution in [0.25, 0.3) is 0 Å². The van der Waals surface area contributed by atoms with E-state index >= 15 is 0 Å². The molecule has 0 radical (unpaired) electrons. The molecular formula is C16H20BrNO2. The standard InChI is InChI=1S/C16H20BrNO2/c1-2-3-5-10-14(17)11-18-15(12-20-16(18)19)13-8-6-4-7-9-13/h4,6-9,11,15H,2-3,5,10,12H2,1H3/b14-11-/t15-/m0/s1. The maximum absolute atomic E-state index is 11.9. The summed E-state index contributed by atoms with van der Waals surface area (Å²) in [5.41, 5.74) is 1.10. The third-order valence-electron chi connectivity index (χ3n) is 3.39. The van der Waals surface area contributed by atoms with E-state index in [9.17, 15) is 4.79 Å². The molecular weight excluding hydrogens is 318 g/mol. The number of amides is 1. The van der Waals surface area contributed by atoms with Gasteiger partial charge >= 0.3 is 6.09 Å². The number of hydrogen-bond donors (Lipinski definition) is 0. The Kier molecular flexibility index (Phi) is 5.65. The van der Waals surface area contributed by atoms with Crippen LogP contribution in [-0.2, 0) is 4.74 Å². The number of halogens is 1. The highest BCUT2D eigenvalue weighted by atomic mass is 79.9. The van der Waals surface area contributed by atoms with E-state index in [0.717, 1.165) is 22.9 Å². The Bertz CT molecular complexity index is 473. The van der Waals surface area contributed by atoms with E-state index in [0.29, 0.717) is 6.61 Å². The van der Waals surface area contributed by atoms with Gasteiger partial charge in [0.1, 0.15) is 6.61 Å². The molecule has 0 spiro atoms. The second-order valence-corrected chi connectivity index (χ2v) is 5.96. The van der Waals surface area contributed by atoms with Gasteiger partial charge in [-0.2, -0.15) is 0 Å². The Hall–Kier alpha value is -1.29. The van der Waals surface area contributed by atoms with E-state index in [4.69, 9.17) is 4.74 Å². The van der Waals surface area contributed by atoms with Gasteiger partial charge in [0.15, 0.2) is 0 Å². The zero-order chi connectivity index (χ0) is 14.4. The molecule has 1 heterocycles. The molecule has 1 aliphatic heterocycles. The summed E-state index contributed by atoms with van der Waals surface area (Å²) in [5, 5.41) is 0. The van der Waals surface area contributed by atoms with Crippen molar-refractivity contribution in [2.75, 3.05) is 6.61 Å². The zero-order valence-electron chi connectivity index (χ0n) is 11.7. The second-order valence-electron chi connectivity index (χ2n) is 4.94. The lowest BCUT2D eigenvalue weighted by Gasteiger charge is -2.18. The highest BCUT2D eigenvalue weighted by Gasteiger charge is 2.32. The van der Waals surface area contributed by atoms with Crippen LogP contribution >= 0.6 is 15.9 Å². The number of hydrogen-bond acceptors (Lipinski definition) is 2. The molecule has 1 amide bonds. The number of cyclic esters (lactones) is 1. The number of benzene rings is 1. The summed E-state index contributed by atoms with van der Waals surface area (Å²) in [4.78, 5) is 13.5. The Labute approximate surface area is 128 Å². The van der Waals surface area contributed by atoms with Crippen LogP contribution in [0.1, 0.15) is 44.2 Å². The molecule has 1 atom stereocenters. The van der Waals surface area contributed by atoms with Crippen molar-refractivity contribution in [1.82, 2.24) is 4.90 Å². The van der Waals surface area contributed by atoms with Gasteiger partial charge in [0.05, 0.1) is 6.04 Å². The highest BCUT2D eigenvalue weighted by molar-refractivity contribution is 9.11. The van der Waals surface area contributed by atoms with Crippen molar-refractivity contribution in [3.63, 3.8) is 0 Å². The summed E-state index contributed by atoms with van der Waals surface area (Å²) in [7, 11) is 0. The number of ether oxygens (including phenoxy) is 1. The van der Waals surface area contributed by atoms with Crippen molar-refractivity contribution >= 4 is 22.0 Å². The Balaban J connectivity index is 2.07. The molecule has 1 saturated heterocycles. The predicted octanol–water partition coefficient (Wildman–Crippen LogP) is 5.00. The molecule has 3 nitrogen and oxygen atoms in total. The molecule has 0 bridgehead atoms. The average Bonchev–Trinajstić information content (AvgIpc) is 2.82. The minimum absolute atomic E-state index is 0.0255. The SMILES string of the molecule is CCCCC/C(Br)=C/N1C(=O)OC[C@H]1c1ccccc1. The van der Waals surface area contributed by atoms with E-state index in [2.05, 4.69) is 22.9 Å². The lowest BCUT2D eigenvalue weighted by molar-refractivity contribution is 0.166. The lowest BCUT2D eigenvalue weighted by Crippen LogP contribution is -2.22. The molecule has 1 aliphatic rings. The number of nitrogens with zero attached hydrogens (tertiary/aromatic N) is 1. The number of unbranched alkanes of at least 4 members (excludes halogenated alkanes) is 2. The van der Waals surface area contributed by atoms with Crippen LogP contribution in [0.15, 0.2) is 41.0 Å². The summed E-state index contributed by atoms with van der Waals surface area (Å²) in [6, 6.07) is 9.97. The Morgan fingerprint density at radius 1 is 1.40 bits per heavy atom. The lowest BCUT2D eigenvalue weighted by atomic mass is 10.1. The van der Waals surface area contributed by atoms with Crippen molar-refractivity contribution in [2.24, 2.45) is 0 Å². The average molecular weight is 338 g/mol. The summed E-state index contributed by atoms with van der Waals surface area (Å²) in [6.45, 7) is 2.59. The quantitative estimate of drug-likeness (QED) is 0.684. The maximum Gasteiger partial charge on any atom is 0.414 e. The highest BCUT2D eigenvalue weighted by Crippen LogP contribution is 2.30. The summed E-state index contributed by atoms with van der Waals surface area (Å²) < 4.78 is 6.23. The molecule has 2 rings (SSSR count). The number of carbonyl (C=O) groups is 1. The van der Waals surface area contributed by atoms with E-state index < -0.39 is 0 Å². The molecule has 1 fully saturated rings. The normalized spacial score (nSPS) is 19.3. The van der Waals surface area contributed by atoms with Gasteiger partial charge in [-0.1, -0.05) is 66.0 Å². The summed E-state index contributed by atoms with van der Waals surface area (Å²) in [6.07, 6.45) is 6.09. The monoisotopic (exact) mass is 337 g/mol. The minimum atomic E-state index is -0.272. The third kappa shape index (κ3) is 3.85. The fraction of sp³-hybridized carbons (Fsp3) is 0.438. The van der Waals surface area contributed by atoms with E-state index in [1.54, 1.807) is 4.90 Å². The largest absolute Gasteiger partial charge is 0.447 e. The summed E-state index contributed by atoms with van der Waals surface area (Å²) in [5.74, 6) is 0. The van der Waals surface area contributed by atoms with Crippen molar-refractivity contribution in [2.45, 2.75) is 38.6 Å². The van der Waals surface area contributed by atoms with Crippen molar-refractivity contribution in [3.8, 4) is 0 Å². The van der Waals surface area contributed by atoms with Gasteiger partial charge in [-0.05, 0) is 18.4 Å². The molecule has 108 valence electrons. The molecule has 0 aromatic heterocycles. The van der Waals surface area contributed by atoms with E-state index in [1.807, 2.05) is 36.5 Å². The number of carbonyl (C=O) groups excluding carboxylic acids is 1. The fourth-order valence-electron chi connectivity index (χ4n) is 2.27. The van der Waals surface area contributed by atoms with Gasteiger partial charge in [0.25, 0.3) is 0 Å². The van der Waals surface area contributed by atoms with Gasteiger partial charge in [-0.25, -0.2) is 4.79 Å². The van der Waals surface area contributed by atoms with E-state index in [1.165, 1.54) is 12.8 Å². The first kappa shape index (κ1) is 15.1. The fourth-order valence-corrected chi connectivity index (χ4v) is 2.77. The van der Waals surface area contributed by atoms with Crippen LogP contribution < -0.4 is 0 Å². The molecule has 0 unspecified atom stereocenters. The number of rotatable bonds is 6. The molecule has 20 heavy (non-hydrogen) atoms. The van der Waals surface area contributed by atoms with Crippen molar-refractivity contribution < 1.29 is 9.53 Å². The molecule has 0 aliphatic carbocycles. The van der Waals surface area contributed by atoms with Crippen LogP contribution in [0.2, 0.25) is 0 Å². The van der Waals surface area contributed by atoms with Crippen molar-refractivity contribution in [3.05, 3.63) is 46.6 Å². The van der Waals surface area contributed by atoms with Gasteiger partial charge in [-0.3, -0.25) is 4.90 Å². The maximum atomic E-state index is 11.9. The Morgan fingerprint density at radius 2 is 2.15 bits per heavy atom. The van der Waals surface area contributed by atoms with Gasteiger partial charge in [0, 0.05) is 10.7 Å². The summed E-state index contributed by atoms with van der Waals surface area (Å²) >= 11 is 3.56. The predicted molar refractivity (Wildman–Crippen MR) is 83.5 cm³/mol. The topological polar surface area (TPSA) is 29.5 Å². The minimum Gasteiger partial charge on any atom is -0.447 e. The van der Waals surface area contributed by atoms with Crippen LogP contribution in [0, 0.1) is 0 Å². The zero-order valence-corrected chi connectivity index (χ0v) is 13.3.